The van der Waals surface area contributed by atoms with Crippen molar-refractivity contribution < 1.29 is 67.6 Å². The Labute approximate surface area is 339 Å². The van der Waals surface area contributed by atoms with Gasteiger partial charge >= 0.3 is 11.9 Å². The van der Waals surface area contributed by atoms with Crippen LogP contribution in [-0.4, -0.2) is 150 Å². The van der Waals surface area contributed by atoms with Crippen LogP contribution in [0.25, 0.3) is 0 Å². The molecule has 4 aliphatic rings. The summed E-state index contributed by atoms with van der Waals surface area (Å²) < 4.78 is 51.0. The van der Waals surface area contributed by atoms with Gasteiger partial charge in [0.2, 0.25) is 0 Å². The van der Waals surface area contributed by atoms with Crippen molar-refractivity contribution in [2.24, 2.45) is 23.7 Å². The number of carbonyl (C=O) groups excluding carboxylic acids is 3. The second kappa shape index (κ2) is 18.7. The minimum absolute atomic E-state index is 0.00456. The molecular formula is C42H71NO14. The van der Waals surface area contributed by atoms with Gasteiger partial charge in [0.1, 0.15) is 29.2 Å². The number of likely N-dealkylation sites (N-methyl/N-ethyl adjacent to an activating group) is 1. The average molecular weight is 814 g/mol. The molecule has 0 saturated carbocycles. The monoisotopic (exact) mass is 813 g/mol. The smallest absolute Gasteiger partial charge is 0.311 e. The average Bonchev–Trinajstić information content (AvgIpc) is 3.12. The maximum Gasteiger partial charge on any atom is 0.311 e. The molecule has 4 saturated heterocycles. The molecule has 4 heterocycles. The molecule has 328 valence electrons. The molecule has 15 nitrogen and oxygen atoms in total. The van der Waals surface area contributed by atoms with Gasteiger partial charge < -0.3 is 58.1 Å². The first-order chi connectivity index (χ1) is 26.3. The zero-order chi connectivity index (χ0) is 42.9. The van der Waals surface area contributed by atoms with E-state index in [1.807, 2.05) is 39.8 Å². The van der Waals surface area contributed by atoms with Gasteiger partial charge in [0.15, 0.2) is 18.7 Å². The number of fused-ring (bicyclic) bond motifs is 5. The number of ketones is 1. The van der Waals surface area contributed by atoms with Gasteiger partial charge in [0.05, 0.1) is 55.3 Å². The lowest BCUT2D eigenvalue weighted by Crippen LogP contribution is -2.61. The van der Waals surface area contributed by atoms with Gasteiger partial charge in [-0.15, -0.1) is 0 Å². The molecule has 0 aromatic rings. The second-order valence-corrected chi connectivity index (χ2v) is 18.2. The van der Waals surface area contributed by atoms with Crippen molar-refractivity contribution in [2.75, 3.05) is 27.3 Å². The molecule has 2 bridgehead atoms. The summed E-state index contributed by atoms with van der Waals surface area (Å²) in [5.41, 5.74) is -4.16. The SMILES string of the molecule is C=C1CO[C@@H]2[C@@H](C)C(=O)[C@H](C)C[C@@](C)(OC1)[C@H](O[C@@H]1O[C@H](C)C[C@H](N(C)C)[C@H]1O)[C@@H](C)[C@H](O[C@H]1C[C@@](C)(O)[C@@H](OC(C)=O)[C@H](C)O1)[C@@H](C)C(=O)O[C@H](CC)[C@@]2(C)O. The lowest BCUT2D eigenvalue weighted by Gasteiger charge is -2.50. The Bertz CT molecular complexity index is 1420. The minimum atomic E-state index is -1.81. The van der Waals surface area contributed by atoms with E-state index in [0.29, 0.717) is 12.0 Å². The van der Waals surface area contributed by atoms with Crippen LogP contribution in [0.1, 0.15) is 102 Å². The number of esters is 2. The molecule has 0 radical (unpaired) electrons. The molecule has 0 aromatic heterocycles. The van der Waals surface area contributed by atoms with Crippen LogP contribution in [0.5, 0.6) is 0 Å². The van der Waals surface area contributed by atoms with Gasteiger partial charge in [0, 0.05) is 37.1 Å². The van der Waals surface area contributed by atoms with Crippen LogP contribution in [0, 0.1) is 23.7 Å². The van der Waals surface area contributed by atoms with Crippen molar-refractivity contribution in [3.8, 4) is 0 Å². The number of ether oxygens (including phenoxy) is 8. The summed E-state index contributed by atoms with van der Waals surface area (Å²) in [7, 11) is 3.75. The van der Waals surface area contributed by atoms with Crippen LogP contribution in [0.2, 0.25) is 0 Å². The molecule has 4 aliphatic heterocycles. The molecule has 15 heteroatoms. The van der Waals surface area contributed by atoms with Gasteiger partial charge in [-0.3, -0.25) is 14.4 Å². The van der Waals surface area contributed by atoms with E-state index in [0.717, 1.165) is 0 Å². The van der Waals surface area contributed by atoms with Crippen molar-refractivity contribution in [3.05, 3.63) is 12.2 Å². The van der Waals surface area contributed by atoms with Crippen LogP contribution in [0.4, 0.5) is 0 Å². The van der Waals surface area contributed by atoms with E-state index in [2.05, 4.69) is 6.58 Å². The first kappa shape index (κ1) is 47.6. The number of cyclic esters (lactones) is 1. The minimum Gasteiger partial charge on any atom is -0.459 e. The van der Waals surface area contributed by atoms with Crippen molar-refractivity contribution in [3.63, 3.8) is 0 Å². The van der Waals surface area contributed by atoms with E-state index in [1.54, 1.807) is 34.6 Å². The molecule has 18 atom stereocenters. The molecule has 0 amide bonds. The topological polar surface area (TPSA) is 189 Å². The fraction of sp³-hybridized carbons (Fsp3) is 0.881. The van der Waals surface area contributed by atoms with Crippen molar-refractivity contribution in [2.45, 2.75) is 186 Å². The number of nitrogens with zero attached hydrogens (tertiary/aromatic N) is 1. The fourth-order valence-corrected chi connectivity index (χ4v) is 9.55. The predicted molar refractivity (Wildman–Crippen MR) is 208 cm³/mol. The van der Waals surface area contributed by atoms with Crippen LogP contribution >= 0.6 is 0 Å². The third-order valence-electron chi connectivity index (χ3n) is 12.6. The highest BCUT2D eigenvalue weighted by molar-refractivity contribution is 5.83. The zero-order valence-corrected chi connectivity index (χ0v) is 36.4. The number of Topliss-reactive ketones (excluding diaryl/α,β-unsaturated/α-hetero) is 1. The predicted octanol–water partition coefficient (Wildman–Crippen LogP) is 3.32. The number of aliphatic hydroxyl groups is 3. The van der Waals surface area contributed by atoms with Gasteiger partial charge in [-0.2, -0.15) is 0 Å². The first-order valence-corrected chi connectivity index (χ1v) is 20.6. The third kappa shape index (κ3) is 10.6. The van der Waals surface area contributed by atoms with E-state index >= 15 is 0 Å². The van der Waals surface area contributed by atoms with Gasteiger partial charge in [0.25, 0.3) is 0 Å². The van der Waals surface area contributed by atoms with E-state index in [1.165, 1.54) is 20.8 Å². The van der Waals surface area contributed by atoms with E-state index in [-0.39, 0.29) is 50.4 Å². The Morgan fingerprint density at radius 2 is 1.60 bits per heavy atom. The van der Waals surface area contributed by atoms with Crippen molar-refractivity contribution >= 4 is 17.7 Å². The maximum absolute atomic E-state index is 14.4. The Balaban J connectivity index is 1.92. The summed E-state index contributed by atoms with van der Waals surface area (Å²) >= 11 is 0. The van der Waals surface area contributed by atoms with Gasteiger partial charge in [-0.1, -0.05) is 34.3 Å². The molecule has 0 unspecified atom stereocenters. The number of carbonyl (C=O) groups is 3. The van der Waals surface area contributed by atoms with Crippen LogP contribution in [0.3, 0.4) is 0 Å². The summed E-state index contributed by atoms with van der Waals surface area (Å²) in [5.74, 6) is -4.79. The molecule has 4 rings (SSSR count). The largest absolute Gasteiger partial charge is 0.459 e. The summed E-state index contributed by atoms with van der Waals surface area (Å²) in [6.07, 6.45) is -8.95. The second-order valence-electron chi connectivity index (χ2n) is 18.2. The lowest BCUT2D eigenvalue weighted by molar-refractivity contribution is -0.319. The fourth-order valence-electron chi connectivity index (χ4n) is 9.55. The molecule has 0 aliphatic carbocycles. The quantitative estimate of drug-likeness (QED) is 0.251. The Morgan fingerprint density at radius 3 is 2.18 bits per heavy atom. The number of aliphatic hydroxyl groups excluding tert-OH is 1. The van der Waals surface area contributed by atoms with Gasteiger partial charge in [-0.25, -0.2) is 0 Å². The Hall–Kier alpha value is -2.05. The maximum atomic E-state index is 14.4. The van der Waals surface area contributed by atoms with Crippen LogP contribution in [0.15, 0.2) is 12.2 Å². The lowest BCUT2D eigenvalue weighted by atomic mass is 9.73. The normalized spacial score (nSPS) is 47.0. The van der Waals surface area contributed by atoms with Crippen molar-refractivity contribution in [1.82, 2.24) is 4.90 Å². The first-order valence-electron chi connectivity index (χ1n) is 20.6. The summed E-state index contributed by atoms with van der Waals surface area (Å²) in [6, 6.07) is -0.312. The highest BCUT2D eigenvalue weighted by Gasteiger charge is 2.55. The number of hydrogen-bond acceptors (Lipinski definition) is 15. The Kier molecular flexibility index (Phi) is 15.6. The summed E-state index contributed by atoms with van der Waals surface area (Å²) in [5, 5.41) is 35.5. The van der Waals surface area contributed by atoms with E-state index in [4.69, 9.17) is 37.9 Å². The van der Waals surface area contributed by atoms with Crippen molar-refractivity contribution in [1.29, 1.82) is 0 Å². The standard InChI is InChI=1S/C42H71NO14/c1-15-30-42(12,49)36-24(5)32(45)22(3)17-41(11,51-20-21(2)19-50-36)35(57-39-33(46)29(43(13)14)16-23(4)52-39)25(6)34(26(7)38(47)55-30)56-31-18-40(10,48)37(27(8)53-31)54-28(9)44/h22-27,29-31,33-37,39,46,48-49H,2,15-20H2,1,3-14H3/t22-,23-,24+,25+,26-,27+,29+,30-,31+,33-,34+,35-,36-,37+,39+,40-,41-,42-/m1/s1. The molecule has 3 N–H and O–H groups in total. The van der Waals surface area contributed by atoms with E-state index < -0.39 is 108 Å². The third-order valence-corrected chi connectivity index (χ3v) is 12.6. The number of rotatable bonds is 7. The molecule has 0 spiro atoms. The molecule has 0 aromatic carbocycles. The van der Waals surface area contributed by atoms with Gasteiger partial charge in [-0.05, 0) is 80.5 Å². The molecule has 57 heavy (non-hydrogen) atoms. The number of hydrogen-bond donors (Lipinski definition) is 3. The highest BCUT2D eigenvalue weighted by atomic mass is 16.7. The molecule has 4 fully saturated rings. The van der Waals surface area contributed by atoms with Crippen LogP contribution in [-0.2, 0) is 52.3 Å². The summed E-state index contributed by atoms with van der Waals surface area (Å²) in [4.78, 5) is 42.7. The molecular weight excluding hydrogens is 742 g/mol. The summed E-state index contributed by atoms with van der Waals surface area (Å²) in [6.45, 7) is 22.6. The highest BCUT2D eigenvalue weighted by Crippen LogP contribution is 2.43. The zero-order valence-electron chi connectivity index (χ0n) is 36.4. The van der Waals surface area contributed by atoms with Crippen LogP contribution < -0.4 is 0 Å². The van der Waals surface area contributed by atoms with E-state index in [9.17, 15) is 29.7 Å². The Morgan fingerprint density at radius 1 is 0.947 bits per heavy atom.